The summed E-state index contributed by atoms with van der Waals surface area (Å²) >= 11 is 0. The minimum Gasteiger partial charge on any atom is -0.480 e. The molecule has 1 aliphatic heterocycles. The molecular formula is C24H20O. The molecule has 0 bridgehead atoms. The lowest BCUT2D eigenvalue weighted by Gasteiger charge is -2.20. The van der Waals surface area contributed by atoms with Crippen molar-refractivity contribution in [3.63, 3.8) is 0 Å². The molecule has 1 heteroatoms. The molecule has 4 rings (SSSR count). The molecule has 0 fully saturated rings. The van der Waals surface area contributed by atoms with E-state index in [-0.39, 0.29) is 6.10 Å². The predicted molar refractivity (Wildman–Crippen MR) is 104 cm³/mol. The van der Waals surface area contributed by atoms with E-state index in [4.69, 9.17) is 4.74 Å². The Balaban J connectivity index is 1.87. The quantitative estimate of drug-likeness (QED) is 0.537. The normalized spacial score (nSPS) is 18.0. The zero-order chi connectivity index (χ0) is 17.1. The van der Waals surface area contributed by atoms with Crippen LogP contribution >= 0.6 is 0 Å². The molecule has 1 aliphatic rings. The van der Waals surface area contributed by atoms with Gasteiger partial charge in [0.25, 0.3) is 0 Å². The maximum absolute atomic E-state index is 6.48. The van der Waals surface area contributed by atoms with Gasteiger partial charge in [-0.15, -0.1) is 0 Å². The third kappa shape index (κ3) is 3.27. The fourth-order valence-electron chi connectivity index (χ4n) is 3.24. The molecule has 1 heterocycles. The maximum atomic E-state index is 6.48. The van der Waals surface area contributed by atoms with Gasteiger partial charge >= 0.3 is 0 Å². The van der Waals surface area contributed by atoms with Crippen molar-refractivity contribution in [3.05, 3.63) is 113 Å². The van der Waals surface area contributed by atoms with Crippen molar-refractivity contribution in [3.8, 4) is 5.75 Å². The van der Waals surface area contributed by atoms with Crippen molar-refractivity contribution in [1.82, 2.24) is 0 Å². The number of para-hydroxylation sites is 1. The second-order valence-corrected chi connectivity index (χ2v) is 6.29. The number of rotatable bonds is 2. The van der Waals surface area contributed by atoms with Crippen LogP contribution < -0.4 is 4.74 Å². The van der Waals surface area contributed by atoms with Crippen molar-refractivity contribution in [2.75, 3.05) is 0 Å². The van der Waals surface area contributed by atoms with E-state index >= 15 is 0 Å². The lowest BCUT2D eigenvalue weighted by atomic mass is 9.97. The fraction of sp³-hybridized carbons (Fsp3) is 0.0833. The van der Waals surface area contributed by atoms with E-state index in [0.717, 1.165) is 22.4 Å². The zero-order valence-electron chi connectivity index (χ0n) is 14.2. The third-order valence-corrected chi connectivity index (χ3v) is 4.48. The van der Waals surface area contributed by atoms with Crippen LogP contribution in [0.1, 0.15) is 29.7 Å². The van der Waals surface area contributed by atoms with E-state index in [9.17, 15) is 0 Å². The van der Waals surface area contributed by atoms with E-state index in [1.807, 2.05) is 24.3 Å². The van der Waals surface area contributed by atoms with Crippen LogP contribution in [0.25, 0.3) is 11.6 Å². The lowest BCUT2D eigenvalue weighted by Crippen LogP contribution is -2.09. The summed E-state index contributed by atoms with van der Waals surface area (Å²) in [6, 6.07) is 29.1. The van der Waals surface area contributed by atoms with Gasteiger partial charge in [-0.2, -0.15) is 0 Å². The number of fused-ring (bicyclic) bond motifs is 1. The van der Waals surface area contributed by atoms with Gasteiger partial charge < -0.3 is 4.74 Å². The molecule has 0 saturated carbocycles. The highest BCUT2D eigenvalue weighted by Crippen LogP contribution is 2.39. The molecule has 0 N–H and O–H groups in total. The molecule has 3 aromatic carbocycles. The van der Waals surface area contributed by atoms with Crippen molar-refractivity contribution in [2.24, 2.45) is 0 Å². The zero-order valence-corrected chi connectivity index (χ0v) is 14.2. The van der Waals surface area contributed by atoms with Crippen molar-refractivity contribution < 1.29 is 4.74 Å². The minimum absolute atomic E-state index is 0.125. The highest BCUT2D eigenvalue weighted by atomic mass is 16.5. The van der Waals surface area contributed by atoms with Gasteiger partial charge in [0, 0.05) is 5.56 Å². The Kier molecular flexibility index (Phi) is 4.22. The summed E-state index contributed by atoms with van der Waals surface area (Å²) < 4.78 is 6.48. The van der Waals surface area contributed by atoms with E-state index < -0.39 is 0 Å². The van der Waals surface area contributed by atoms with Gasteiger partial charge in [0.2, 0.25) is 0 Å². The molecule has 0 aromatic heterocycles. The van der Waals surface area contributed by atoms with Gasteiger partial charge in [-0.05, 0) is 41.3 Å². The Morgan fingerprint density at radius 2 is 1.40 bits per heavy atom. The summed E-state index contributed by atoms with van der Waals surface area (Å²) in [5.74, 6) is 0.932. The summed E-state index contributed by atoms with van der Waals surface area (Å²) in [5, 5.41) is 0. The average molecular weight is 324 g/mol. The Bertz CT molecular complexity index is 921. The summed E-state index contributed by atoms with van der Waals surface area (Å²) in [6.45, 7) is 2.15. The first-order valence-corrected chi connectivity index (χ1v) is 8.57. The third-order valence-electron chi connectivity index (χ3n) is 4.48. The molecule has 0 radical (unpaired) electrons. The first kappa shape index (κ1) is 15.5. The second-order valence-electron chi connectivity index (χ2n) is 6.29. The molecule has 0 spiro atoms. The number of benzene rings is 3. The fourth-order valence-corrected chi connectivity index (χ4v) is 3.24. The first-order valence-electron chi connectivity index (χ1n) is 8.57. The Morgan fingerprint density at radius 3 is 2.16 bits per heavy atom. The highest BCUT2D eigenvalue weighted by Gasteiger charge is 2.22. The Morgan fingerprint density at radius 1 is 0.760 bits per heavy atom. The second kappa shape index (κ2) is 6.82. The standard InChI is InChI=1S/C24H20O/c1-18-16-21(17-19-10-4-2-5-11-19)24(20-12-6-3-7-13-20)25-23-15-9-8-14-22(18)23/h2-17,24H,1H3/b21-17+. The van der Waals surface area contributed by atoms with Gasteiger partial charge in [-0.25, -0.2) is 0 Å². The molecule has 1 atom stereocenters. The molecule has 0 amide bonds. The van der Waals surface area contributed by atoms with E-state index in [1.165, 1.54) is 11.1 Å². The summed E-state index contributed by atoms with van der Waals surface area (Å²) in [4.78, 5) is 0. The molecule has 0 saturated heterocycles. The van der Waals surface area contributed by atoms with Crippen molar-refractivity contribution in [2.45, 2.75) is 13.0 Å². The van der Waals surface area contributed by atoms with E-state index in [1.54, 1.807) is 0 Å². The van der Waals surface area contributed by atoms with Crippen LogP contribution in [0.5, 0.6) is 5.75 Å². The minimum atomic E-state index is -0.125. The van der Waals surface area contributed by atoms with Gasteiger partial charge in [-0.1, -0.05) is 84.9 Å². The van der Waals surface area contributed by atoms with Crippen LogP contribution in [0, 0.1) is 0 Å². The van der Waals surface area contributed by atoms with Crippen molar-refractivity contribution in [1.29, 1.82) is 0 Å². The summed E-state index contributed by atoms with van der Waals surface area (Å²) in [6.07, 6.45) is 4.34. The number of hydrogen-bond donors (Lipinski definition) is 0. The molecule has 1 nitrogen and oxygen atoms in total. The maximum Gasteiger partial charge on any atom is 0.149 e. The van der Waals surface area contributed by atoms with Crippen LogP contribution in [-0.2, 0) is 0 Å². The Hall–Kier alpha value is -3.06. The van der Waals surface area contributed by atoms with Gasteiger partial charge in [-0.3, -0.25) is 0 Å². The van der Waals surface area contributed by atoms with Gasteiger partial charge in [0.1, 0.15) is 11.9 Å². The molecule has 25 heavy (non-hydrogen) atoms. The SMILES string of the molecule is CC1=C/C(=C\c2ccccc2)C(c2ccccc2)Oc2ccccc21. The average Bonchev–Trinajstić information content (AvgIpc) is 2.80. The van der Waals surface area contributed by atoms with Crippen LogP contribution in [-0.4, -0.2) is 0 Å². The molecule has 0 aliphatic carbocycles. The molecular weight excluding hydrogens is 304 g/mol. The van der Waals surface area contributed by atoms with Crippen LogP contribution in [0.15, 0.2) is 96.6 Å². The van der Waals surface area contributed by atoms with Gasteiger partial charge in [0.15, 0.2) is 0 Å². The molecule has 122 valence electrons. The lowest BCUT2D eigenvalue weighted by molar-refractivity contribution is 0.248. The van der Waals surface area contributed by atoms with E-state index in [2.05, 4.69) is 79.7 Å². The Labute approximate surface area is 148 Å². The van der Waals surface area contributed by atoms with Crippen LogP contribution in [0.4, 0.5) is 0 Å². The topological polar surface area (TPSA) is 9.23 Å². The smallest absolute Gasteiger partial charge is 0.149 e. The number of ether oxygens (including phenoxy) is 1. The van der Waals surface area contributed by atoms with Crippen LogP contribution in [0.3, 0.4) is 0 Å². The monoisotopic (exact) mass is 324 g/mol. The first-order chi connectivity index (χ1) is 12.3. The number of allylic oxidation sites excluding steroid dienone is 1. The molecule has 3 aromatic rings. The summed E-state index contributed by atoms with van der Waals surface area (Å²) in [7, 11) is 0. The van der Waals surface area contributed by atoms with Gasteiger partial charge in [0.05, 0.1) is 0 Å². The predicted octanol–water partition coefficient (Wildman–Crippen LogP) is 6.31. The van der Waals surface area contributed by atoms with Crippen LogP contribution in [0.2, 0.25) is 0 Å². The highest BCUT2D eigenvalue weighted by molar-refractivity contribution is 5.75. The molecule has 1 unspecified atom stereocenters. The summed E-state index contributed by atoms with van der Waals surface area (Å²) in [5.41, 5.74) is 5.87. The van der Waals surface area contributed by atoms with Crippen molar-refractivity contribution >= 4 is 11.6 Å². The number of hydrogen-bond acceptors (Lipinski definition) is 1. The largest absolute Gasteiger partial charge is 0.480 e. The van der Waals surface area contributed by atoms with E-state index in [0.29, 0.717) is 0 Å².